The lowest BCUT2D eigenvalue weighted by molar-refractivity contribution is -0.125. The van der Waals surface area contributed by atoms with Crippen molar-refractivity contribution in [3.63, 3.8) is 0 Å². The molecule has 0 radical (unpaired) electrons. The normalized spacial score (nSPS) is 13.1. The van der Waals surface area contributed by atoms with Crippen molar-refractivity contribution in [1.82, 2.24) is 5.32 Å². The van der Waals surface area contributed by atoms with Gasteiger partial charge in [0.05, 0.1) is 12.6 Å². The molecular weight excluding hydrogens is 320 g/mol. The lowest BCUT2D eigenvalue weighted by Gasteiger charge is -2.23. The topological polar surface area (TPSA) is 105 Å². The first kappa shape index (κ1) is 18.8. The van der Waals surface area contributed by atoms with Crippen LogP contribution in [0.2, 0.25) is 0 Å². The number of carbonyl (C=O) groups is 1. The number of hydrogen-bond acceptors (Lipinski definition) is 5. The highest BCUT2D eigenvalue weighted by atomic mass is 16.5. The molecule has 2 aromatic rings. The number of aliphatic hydroxyl groups excluding tert-OH is 2. The van der Waals surface area contributed by atoms with Crippen LogP contribution >= 0.6 is 0 Å². The number of aryl methyl sites for hydroxylation is 2. The van der Waals surface area contributed by atoms with Crippen molar-refractivity contribution < 1.29 is 19.7 Å². The van der Waals surface area contributed by atoms with Gasteiger partial charge in [-0.05, 0) is 48.7 Å². The molecule has 2 aromatic carbocycles. The fourth-order valence-electron chi connectivity index (χ4n) is 2.40. The summed E-state index contributed by atoms with van der Waals surface area (Å²) in [5, 5.41) is 22.4. The lowest BCUT2D eigenvalue weighted by atomic mass is 10.0. The molecule has 0 bridgehead atoms. The molecule has 25 heavy (non-hydrogen) atoms. The summed E-state index contributed by atoms with van der Waals surface area (Å²) in [6.45, 7) is 3.24. The Balaban J connectivity index is 1.95. The van der Waals surface area contributed by atoms with E-state index in [1.165, 1.54) is 0 Å². The molecule has 0 saturated carbocycles. The highest BCUT2D eigenvalue weighted by Crippen LogP contribution is 2.20. The van der Waals surface area contributed by atoms with E-state index in [0.717, 1.165) is 11.1 Å². The number of amides is 1. The van der Waals surface area contributed by atoms with Crippen LogP contribution in [0.5, 0.6) is 5.75 Å². The highest BCUT2D eigenvalue weighted by molar-refractivity contribution is 5.78. The van der Waals surface area contributed by atoms with E-state index >= 15 is 0 Å². The van der Waals surface area contributed by atoms with Crippen LogP contribution in [0.1, 0.15) is 22.8 Å². The van der Waals surface area contributed by atoms with Crippen molar-refractivity contribution in [3.05, 3.63) is 59.2 Å². The predicted octanol–water partition coefficient (Wildman–Crippen LogP) is 1.48. The molecule has 6 nitrogen and oxygen atoms in total. The van der Waals surface area contributed by atoms with E-state index < -0.39 is 24.7 Å². The second kappa shape index (κ2) is 8.50. The molecule has 134 valence electrons. The van der Waals surface area contributed by atoms with Gasteiger partial charge in [0.1, 0.15) is 11.9 Å². The Kier molecular flexibility index (Phi) is 6.38. The zero-order valence-corrected chi connectivity index (χ0v) is 14.4. The lowest BCUT2D eigenvalue weighted by Crippen LogP contribution is -2.44. The molecule has 0 saturated heterocycles. The summed E-state index contributed by atoms with van der Waals surface area (Å²) < 4.78 is 5.53. The number of nitrogens with one attached hydrogen (secondary N) is 1. The van der Waals surface area contributed by atoms with Crippen LogP contribution in [0, 0.1) is 13.8 Å². The van der Waals surface area contributed by atoms with Gasteiger partial charge in [0, 0.05) is 5.69 Å². The Labute approximate surface area is 147 Å². The number of ether oxygens (including phenoxy) is 1. The van der Waals surface area contributed by atoms with E-state index in [1.807, 2.05) is 32.0 Å². The van der Waals surface area contributed by atoms with Gasteiger partial charge in [-0.25, -0.2) is 0 Å². The average Bonchev–Trinajstić information content (AvgIpc) is 2.60. The van der Waals surface area contributed by atoms with Crippen molar-refractivity contribution in [3.8, 4) is 5.75 Å². The van der Waals surface area contributed by atoms with E-state index in [1.54, 1.807) is 24.3 Å². The largest absolute Gasteiger partial charge is 0.483 e. The zero-order chi connectivity index (χ0) is 18.4. The minimum absolute atomic E-state index is 0.199. The Hall–Kier alpha value is -2.57. The number of carbonyl (C=O) groups excluding carboxylic acids is 1. The molecule has 0 aliphatic heterocycles. The maximum atomic E-state index is 12.1. The summed E-state index contributed by atoms with van der Waals surface area (Å²) in [6.07, 6.45) is -1.05. The summed E-state index contributed by atoms with van der Waals surface area (Å²) in [4.78, 5) is 12.1. The van der Waals surface area contributed by atoms with Crippen LogP contribution in [0.4, 0.5) is 5.69 Å². The van der Waals surface area contributed by atoms with Gasteiger partial charge in [0.15, 0.2) is 6.61 Å². The van der Waals surface area contributed by atoms with Crippen molar-refractivity contribution >= 4 is 11.6 Å². The van der Waals surface area contributed by atoms with Crippen LogP contribution in [-0.2, 0) is 4.79 Å². The van der Waals surface area contributed by atoms with Gasteiger partial charge in [-0.15, -0.1) is 0 Å². The van der Waals surface area contributed by atoms with Crippen LogP contribution in [0.15, 0.2) is 42.5 Å². The Morgan fingerprint density at radius 1 is 1.20 bits per heavy atom. The molecular formula is C19H24N2O4. The number of anilines is 1. The third-order valence-electron chi connectivity index (χ3n) is 3.90. The molecule has 2 unspecified atom stereocenters. The van der Waals surface area contributed by atoms with Gasteiger partial charge >= 0.3 is 0 Å². The van der Waals surface area contributed by atoms with Crippen LogP contribution in [-0.4, -0.2) is 35.4 Å². The minimum atomic E-state index is -1.05. The van der Waals surface area contributed by atoms with E-state index in [0.29, 0.717) is 17.0 Å². The van der Waals surface area contributed by atoms with Crippen molar-refractivity contribution in [2.75, 3.05) is 18.9 Å². The molecule has 2 rings (SSSR count). The molecule has 5 N–H and O–H groups in total. The third-order valence-corrected chi connectivity index (χ3v) is 3.90. The monoisotopic (exact) mass is 344 g/mol. The second-order valence-corrected chi connectivity index (χ2v) is 6.03. The van der Waals surface area contributed by atoms with Crippen LogP contribution < -0.4 is 15.8 Å². The van der Waals surface area contributed by atoms with Crippen molar-refractivity contribution in [2.45, 2.75) is 26.0 Å². The number of rotatable bonds is 7. The molecule has 0 aliphatic carbocycles. The van der Waals surface area contributed by atoms with Crippen LogP contribution in [0.3, 0.4) is 0 Å². The summed E-state index contributed by atoms with van der Waals surface area (Å²) in [5.74, 6) is 0.212. The summed E-state index contributed by atoms with van der Waals surface area (Å²) in [5.41, 5.74) is 8.71. The molecule has 0 aliphatic rings. The number of nitrogens with two attached hydrogens (primary N) is 1. The molecule has 2 atom stereocenters. The zero-order valence-electron chi connectivity index (χ0n) is 14.4. The predicted molar refractivity (Wildman–Crippen MR) is 96.2 cm³/mol. The molecule has 0 aromatic heterocycles. The Morgan fingerprint density at radius 2 is 1.88 bits per heavy atom. The number of aliphatic hydroxyl groups is 2. The fraction of sp³-hybridized carbons (Fsp3) is 0.316. The molecule has 0 heterocycles. The molecule has 6 heteroatoms. The highest BCUT2D eigenvalue weighted by Gasteiger charge is 2.22. The van der Waals surface area contributed by atoms with E-state index in [9.17, 15) is 15.0 Å². The molecule has 1 amide bonds. The first-order valence-electron chi connectivity index (χ1n) is 8.04. The summed E-state index contributed by atoms with van der Waals surface area (Å²) in [6, 6.07) is 11.5. The second-order valence-electron chi connectivity index (χ2n) is 6.03. The number of nitrogen functional groups attached to an aromatic ring is 1. The minimum Gasteiger partial charge on any atom is -0.483 e. The standard InChI is InChI=1S/C19H24N2O4/c1-12-3-4-13(2)17(9-12)25-11-18(23)21-16(10-22)19(24)14-5-7-15(20)8-6-14/h3-9,16,19,22,24H,10-11,20H2,1-2H3,(H,21,23). The summed E-state index contributed by atoms with van der Waals surface area (Å²) in [7, 11) is 0. The van der Waals surface area contributed by atoms with E-state index in [-0.39, 0.29) is 6.61 Å². The van der Waals surface area contributed by atoms with Crippen LogP contribution in [0.25, 0.3) is 0 Å². The third kappa shape index (κ3) is 5.20. The Bertz CT molecular complexity index is 716. The van der Waals surface area contributed by atoms with E-state index in [4.69, 9.17) is 10.5 Å². The maximum Gasteiger partial charge on any atom is 0.258 e. The number of benzene rings is 2. The quantitative estimate of drug-likeness (QED) is 0.570. The van der Waals surface area contributed by atoms with E-state index in [2.05, 4.69) is 5.32 Å². The number of hydrogen-bond donors (Lipinski definition) is 4. The van der Waals surface area contributed by atoms with Crippen molar-refractivity contribution in [1.29, 1.82) is 0 Å². The van der Waals surface area contributed by atoms with Gasteiger partial charge in [-0.3, -0.25) is 4.79 Å². The van der Waals surface area contributed by atoms with Crippen molar-refractivity contribution in [2.24, 2.45) is 0 Å². The van der Waals surface area contributed by atoms with Gasteiger partial charge in [0.2, 0.25) is 0 Å². The SMILES string of the molecule is Cc1ccc(C)c(OCC(=O)NC(CO)C(O)c2ccc(N)cc2)c1. The first-order valence-corrected chi connectivity index (χ1v) is 8.04. The maximum absolute atomic E-state index is 12.1. The van der Waals surface area contributed by atoms with Gasteiger partial charge in [0.25, 0.3) is 5.91 Å². The summed E-state index contributed by atoms with van der Waals surface area (Å²) >= 11 is 0. The smallest absolute Gasteiger partial charge is 0.258 e. The average molecular weight is 344 g/mol. The van der Waals surface area contributed by atoms with Gasteiger partial charge < -0.3 is 26.0 Å². The Morgan fingerprint density at radius 3 is 2.52 bits per heavy atom. The molecule has 0 fully saturated rings. The first-order chi connectivity index (χ1) is 11.9. The fourth-order valence-corrected chi connectivity index (χ4v) is 2.40. The van der Waals surface area contributed by atoms with Gasteiger partial charge in [-0.1, -0.05) is 24.3 Å². The van der Waals surface area contributed by atoms with Gasteiger partial charge in [-0.2, -0.15) is 0 Å². The molecule has 0 spiro atoms.